The molecular weight excluding hydrogens is 299 g/mol. The lowest BCUT2D eigenvalue weighted by Crippen LogP contribution is -2.12. The van der Waals surface area contributed by atoms with Crippen molar-refractivity contribution in [2.45, 2.75) is 10.4 Å². The van der Waals surface area contributed by atoms with Crippen LogP contribution < -0.4 is 5.32 Å². The molecule has 2 N–H and O–H groups in total. The summed E-state index contributed by atoms with van der Waals surface area (Å²) in [6.45, 7) is 0. The number of phenols is 1. The first kappa shape index (κ1) is 15.5. The molecular formula is C10H8F3N3OS2. The highest BCUT2D eigenvalue weighted by Crippen LogP contribution is 2.40. The molecule has 9 heteroatoms. The van der Waals surface area contributed by atoms with Crippen molar-refractivity contribution in [3.63, 3.8) is 0 Å². The molecule has 0 saturated carbocycles. The van der Waals surface area contributed by atoms with Gasteiger partial charge in [0.2, 0.25) is 0 Å². The van der Waals surface area contributed by atoms with Crippen LogP contribution in [0.3, 0.4) is 0 Å². The van der Waals surface area contributed by atoms with Crippen molar-refractivity contribution in [2.75, 3.05) is 6.26 Å². The minimum atomic E-state index is -4.41. The fraction of sp³-hybridized carbons (Fsp3) is 0.200. The van der Waals surface area contributed by atoms with Gasteiger partial charge in [0.05, 0.1) is 0 Å². The number of benzene rings is 1. The van der Waals surface area contributed by atoms with Gasteiger partial charge in [-0.1, -0.05) is 11.8 Å². The molecule has 0 unspecified atom stereocenters. The van der Waals surface area contributed by atoms with Crippen LogP contribution in [-0.4, -0.2) is 22.0 Å². The number of nitriles is 1. The molecule has 0 fully saturated rings. The molecule has 0 heterocycles. The van der Waals surface area contributed by atoms with Gasteiger partial charge < -0.3 is 5.11 Å². The predicted octanol–water partition coefficient (Wildman–Crippen LogP) is 3.43. The van der Waals surface area contributed by atoms with E-state index in [1.165, 1.54) is 0 Å². The van der Waals surface area contributed by atoms with Crippen LogP contribution in [0.1, 0.15) is 0 Å². The Hall–Kier alpha value is -1.53. The first-order valence-electron chi connectivity index (χ1n) is 4.72. The number of hydrogen-bond acceptors (Lipinski definition) is 5. The second-order valence-corrected chi connectivity index (χ2v) is 4.99. The Bertz CT molecular complexity index is 526. The third-order valence-corrected chi connectivity index (χ3v) is 3.06. The van der Waals surface area contributed by atoms with Gasteiger partial charge in [-0.25, -0.2) is 4.99 Å². The fourth-order valence-electron chi connectivity index (χ4n) is 1.07. The predicted molar refractivity (Wildman–Crippen MR) is 69.4 cm³/mol. The minimum Gasteiger partial charge on any atom is -0.506 e. The average Bonchev–Trinajstić information content (AvgIpc) is 2.30. The number of hydrogen-bond donors (Lipinski definition) is 2. The van der Waals surface area contributed by atoms with Crippen molar-refractivity contribution >= 4 is 34.4 Å². The van der Waals surface area contributed by atoms with Crippen LogP contribution in [0.15, 0.2) is 28.1 Å². The quantitative estimate of drug-likeness (QED) is 0.288. The van der Waals surface area contributed by atoms with E-state index in [9.17, 15) is 18.3 Å². The van der Waals surface area contributed by atoms with E-state index >= 15 is 0 Å². The van der Waals surface area contributed by atoms with Gasteiger partial charge in [-0.3, -0.25) is 5.32 Å². The number of halogens is 3. The highest BCUT2D eigenvalue weighted by molar-refractivity contribution is 8.13. The van der Waals surface area contributed by atoms with Gasteiger partial charge in [0.1, 0.15) is 11.4 Å². The van der Waals surface area contributed by atoms with Crippen molar-refractivity contribution in [1.29, 1.82) is 5.26 Å². The molecule has 4 nitrogen and oxygen atoms in total. The van der Waals surface area contributed by atoms with Crippen LogP contribution in [0.5, 0.6) is 5.75 Å². The maximum absolute atomic E-state index is 12.2. The molecule has 0 saturated heterocycles. The highest BCUT2D eigenvalue weighted by Gasteiger charge is 2.29. The number of nitrogens with one attached hydrogen (secondary N) is 1. The van der Waals surface area contributed by atoms with Crippen LogP contribution in [-0.2, 0) is 0 Å². The SMILES string of the molecule is CSC(=Nc1cc(SC(F)(F)F)ccc1O)NC#N. The van der Waals surface area contributed by atoms with Crippen molar-refractivity contribution < 1.29 is 18.3 Å². The van der Waals surface area contributed by atoms with Crippen molar-refractivity contribution in [2.24, 2.45) is 4.99 Å². The summed E-state index contributed by atoms with van der Waals surface area (Å²) in [6, 6.07) is 3.36. The van der Waals surface area contributed by atoms with Gasteiger partial charge >= 0.3 is 5.51 Å². The van der Waals surface area contributed by atoms with Crippen LogP contribution in [0.4, 0.5) is 18.9 Å². The molecule has 0 bridgehead atoms. The van der Waals surface area contributed by atoms with Gasteiger partial charge in [0.25, 0.3) is 0 Å². The smallest absolute Gasteiger partial charge is 0.446 e. The number of rotatable bonds is 2. The largest absolute Gasteiger partial charge is 0.506 e. The molecule has 0 spiro atoms. The fourth-order valence-corrected chi connectivity index (χ4v) is 1.98. The number of nitrogens with zero attached hydrogens (tertiary/aromatic N) is 2. The summed E-state index contributed by atoms with van der Waals surface area (Å²) in [4.78, 5) is 3.78. The van der Waals surface area contributed by atoms with Crippen LogP contribution in [0.25, 0.3) is 0 Å². The third kappa shape index (κ3) is 5.32. The van der Waals surface area contributed by atoms with Gasteiger partial charge in [-0.2, -0.15) is 18.4 Å². The van der Waals surface area contributed by atoms with E-state index in [0.717, 1.165) is 30.0 Å². The van der Waals surface area contributed by atoms with Crippen molar-refractivity contribution in [3.8, 4) is 11.9 Å². The zero-order valence-corrected chi connectivity index (χ0v) is 11.2. The third-order valence-electron chi connectivity index (χ3n) is 1.76. The molecule has 0 aliphatic heterocycles. The molecule has 1 aromatic carbocycles. The molecule has 1 aromatic rings. The van der Waals surface area contributed by atoms with Gasteiger partial charge in [-0.05, 0) is 36.2 Å². The van der Waals surface area contributed by atoms with Crippen molar-refractivity contribution in [1.82, 2.24) is 5.32 Å². The van der Waals surface area contributed by atoms with E-state index in [0.29, 0.717) is 0 Å². The van der Waals surface area contributed by atoms with Crippen molar-refractivity contribution in [3.05, 3.63) is 18.2 Å². The number of phenolic OH excluding ortho intramolecular Hbond substituents is 1. The minimum absolute atomic E-state index is 0.0404. The van der Waals surface area contributed by atoms with Gasteiger partial charge in [0, 0.05) is 4.90 Å². The maximum Gasteiger partial charge on any atom is 0.446 e. The average molecular weight is 307 g/mol. The highest BCUT2D eigenvalue weighted by atomic mass is 32.2. The summed E-state index contributed by atoms with van der Waals surface area (Å²) >= 11 is 0.792. The standard InChI is InChI=1S/C10H8F3N3OS2/c1-18-9(15-5-14)16-7-4-6(2-3-8(7)17)19-10(11,12)13/h2-4,17H,1H3,(H,15,16). The number of aromatic hydroxyl groups is 1. The Labute approximate surface area is 115 Å². The molecule has 0 atom stereocenters. The molecule has 0 aliphatic carbocycles. The Morgan fingerprint density at radius 1 is 1.47 bits per heavy atom. The Balaban J connectivity index is 3.07. The molecule has 0 aliphatic rings. The van der Waals surface area contributed by atoms with E-state index in [4.69, 9.17) is 5.26 Å². The summed E-state index contributed by atoms with van der Waals surface area (Å²) < 4.78 is 36.7. The number of amidine groups is 1. The number of aliphatic imine (C=N–C) groups is 1. The summed E-state index contributed by atoms with van der Waals surface area (Å²) in [5.74, 6) is -0.266. The molecule has 19 heavy (non-hydrogen) atoms. The van der Waals surface area contributed by atoms with Gasteiger partial charge in [-0.15, -0.1) is 0 Å². The topological polar surface area (TPSA) is 68.4 Å². The van der Waals surface area contributed by atoms with Crippen LogP contribution in [0.2, 0.25) is 0 Å². The summed E-state index contributed by atoms with van der Waals surface area (Å²) in [5.41, 5.74) is -4.45. The first-order valence-corrected chi connectivity index (χ1v) is 6.76. The Morgan fingerprint density at radius 3 is 2.68 bits per heavy atom. The molecule has 0 amide bonds. The lowest BCUT2D eigenvalue weighted by atomic mass is 10.3. The zero-order chi connectivity index (χ0) is 14.5. The van der Waals surface area contributed by atoms with Crippen LogP contribution >= 0.6 is 23.5 Å². The van der Waals surface area contributed by atoms with Crippen LogP contribution in [0, 0.1) is 11.5 Å². The molecule has 1 rings (SSSR count). The zero-order valence-electron chi connectivity index (χ0n) is 9.52. The monoisotopic (exact) mass is 307 g/mol. The lowest BCUT2D eigenvalue weighted by Gasteiger charge is -2.07. The Kier molecular flexibility index (Phi) is 5.38. The normalized spacial score (nSPS) is 12.1. The number of thioether (sulfide) groups is 2. The maximum atomic E-state index is 12.2. The molecule has 0 radical (unpaired) electrons. The van der Waals surface area contributed by atoms with E-state index in [1.54, 1.807) is 12.4 Å². The van der Waals surface area contributed by atoms with E-state index < -0.39 is 5.51 Å². The van der Waals surface area contributed by atoms with Gasteiger partial charge in [0.15, 0.2) is 11.4 Å². The second-order valence-electron chi connectivity index (χ2n) is 3.06. The van der Waals surface area contributed by atoms with E-state index in [2.05, 4.69) is 10.3 Å². The van der Waals surface area contributed by atoms with E-state index in [1.807, 2.05) is 0 Å². The second kappa shape index (κ2) is 6.58. The molecule has 102 valence electrons. The summed E-state index contributed by atoms with van der Waals surface area (Å²) in [5, 5.41) is 20.4. The van der Waals surface area contributed by atoms with E-state index in [-0.39, 0.29) is 33.3 Å². The molecule has 0 aromatic heterocycles. The lowest BCUT2D eigenvalue weighted by molar-refractivity contribution is -0.0328. The summed E-state index contributed by atoms with van der Waals surface area (Å²) in [7, 11) is 0. The Morgan fingerprint density at radius 2 is 2.16 bits per heavy atom. The first-order chi connectivity index (χ1) is 8.85. The number of alkyl halides is 3. The summed E-state index contributed by atoms with van der Waals surface area (Å²) in [6.07, 6.45) is 3.28.